The van der Waals surface area contributed by atoms with Gasteiger partial charge in [-0.1, -0.05) is 30.3 Å². The molecule has 2 aromatic carbocycles. The normalized spacial score (nSPS) is 21.0. The zero-order valence-electron chi connectivity index (χ0n) is 18.3. The fraction of sp³-hybridized carbons (Fsp3) is 0.417. The van der Waals surface area contributed by atoms with Crippen molar-refractivity contribution in [3.8, 4) is 5.75 Å². The highest BCUT2D eigenvalue weighted by atomic mass is 19.1. The minimum atomic E-state index is -1.06. The van der Waals surface area contributed by atoms with Gasteiger partial charge in [0.1, 0.15) is 22.9 Å². The van der Waals surface area contributed by atoms with Crippen molar-refractivity contribution in [3.05, 3.63) is 65.2 Å². The third-order valence-corrected chi connectivity index (χ3v) is 6.55. The number of hydrogen-bond donors (Lipinski definition) is 2. The Balaban J connectivity index is 1.34. The fourth-order valence-corrected chi connectivity index (χ4v) is 4.94. The third kappa shape index (κ3) is 5.08. The number of nitrogens with one attached hydrogen (secondary N) is 1. The van der Waals surface area contributed by atoms with Gasteiger partial charge in [0.15, 0.2) is 0 Å². The summed E-state index contributed by atoms with van der Waals surface area (Å²) in [6.45, 7) is 3.12. The van der Waals surface area contributed by atoms with Gasteiger partial charge in [-0.25, -0.2) is 13.6 Å². The molecule has 7 nitrogen and oxygen atoms in total. The molecule has 0 aliphatic carbocycles. The van der Waals surface area contributed by atoms with Crippen LogP contribution in [0.5, 0.6) is 5.75 Å². The van der Waals surface area contributed by atoms with Gasteiger partial charge in [-0.3, -0.25) is 4.79 Å². The highest BCUT2D eigenvalue weighted by molar-refractivity contribution is 5.95. The van der Waals surface area contributed by atoms with E-state index in [1.165, 1.54) is 12.0 Å². The molecule has 2 unspecified atom stereocenters. The second-order valence-electron chi connectivity index (χ2n) is 8.66. The maximum Gasteiger partial charge on any atom is 0.405 e. The molecule has 0 spiro atoms. The van der Waals surface area contributed by atoms with Crippen molar-refractivity contribution < 1.29 is 28.2 Å². The zero-order chi connectivity index (χ0) is 23.5. The van der Waals surface area contributed by atoms with Gasteiger partial charge in [0.05, 0.1) is 13.2 Å². The number of carboxylic acid groups (broad SMARTS) is 1. The quantitative estimate of drug-likeness (QED) is 0.664. The van der Waals surface area contributed by atoms with Crippen molar-refractivity contribution in [3.63, 3.8) is 0 Å². The molecule has 33 heavy (non-hydrogen) atoms. The topological polar surface area (TPSA) is 82.1 Å². The second kappa shape index (κ2) is 9.74. The molecular weight excluding hydrogens is 432 g/mol. The smallest absolute Gasteiger partial charge is 0.405 e. The summed E-state index contributed by atoms with van der Waals surface area (Å²) in [5.41, 5.74) is 0.373. The second-order valence-corrected chi connectivity index (χ2v) is 8.66. The number of likely N-dealkylation sites (tertiary alicyclic amines) is 2. The van der Waals surface area contributed by atoms with Gasteiger partial charge in [-0.05, 0) is 23.8 Å². The van der Waals surface area contributed by atoms with Crippen LogP contribution in [-0.2, 0) is 0 Å². The lowest BCUT2D eigenvalue weighted by Crippen LogP contribution is -2.35. The van der Waals surface area contributed by atoms with Crippen LogP contribution < -0.4 is 10.1 Å². The maximum atomic E-state index is 14.3. The first-order chi connectivity index (χ1) is 15.9. The number of amides is 2. The van der Waals surface area contributed by atoms with Crippen LogP contribution in [-0.4, -0.2) is 66.7 Å². The predicted molar refractivity (Wildman–Crippen MR) is 117 cm³/mol. The molecule has 2 aliphatic heterocycles. The van der Waals surface area contributed by atoms with E-state index < -0.39 is 29.2 Å². The molecule has 3 atom stereocenters. The summed E-state index contributed by atoms with van der Waals surface area (Å²) < 4.78 is 33.5. The molecule has 0 bridgehead atoms. The number of carbonyl (C=O) groups is 2. The molecule has 2 heterocycles. The van der Waals surface area contributed by atoms with E-state index in [0.717, 1.165) is 30.8 Å². The summed E-state index contributed by atoms with van der Waals surface area (Å²) in [6.07, 6.45) is -0.435. The Hall–Kier alpha value is -3.20. The maximum absolute atomic E-state index is 14.3. The zero-order valence-corrected chi connectivity index (χ0v) is 18.3. The molecule has 2 aromatic rings. The molecule has 0 saturated carbocycles. The molecule has 176 valence electrons. The average molecular weight is 459 g/mol. The van der Waals surface area contributed by atoms with Crippen molar-refractivity contribution in [1.29, 1.82) is 0 Å². The lowest BCUT2D eigenvalue weighted by Gasteiger charge is -2.24. The van der Waals surface area contributed by atoms with Crippen LogP contribution in [0.2, 0.25) is 0 Å². The van der Waals surface area contributed by atoms with E-state index in [1.54, 1.807) is 0 Å². The van der Waals surface area contributed by atoms with E-state index >= 15 is 0 Å². The van der Waals surface area contributed by atoms with Crippen LogP contribution in [0.1, 0.15) is 28.4 Å². The molecule has 2 saturated heterocycles. The van der Waals surface area contributed by atoms with Crippen molar-refractivity contribution in [2.24, 2.45) is 11.8 Å². The molecule has 2 amide bonds. The fourth-order valence-electron chi connectivity index (χ4n) is 4.94. The Morgan fingerprint density at radius 2 is 1.70 bits per heavy atom. The number of carbonyl (C=O) groups excluding carboxylic acids is 1. The van der Waals surface area contributed by atoms with Gasteiger partial charge in [0, 0.05) is 44.9 Å². The van der Waals surface area contributed by atoms with Crippen molar-refractivity contribution in [2.75, 3.05) is 39.8 Å². The summed E-state index contributed by atoms with van der Waals surface area (Å²) in [7, 11) is 1.31. The minimum absolute atomic E-state index is 0.0293. The molecule has 0 aromatic heterocycles. The van der Waals surface area contributed by atoms with E-state index in [-0.39, 0.29) is 23.6 Å². The van der Waals surface area contributed by atoms with E-state index in [4.69, 9.17) is 4.74 Å². The number of hydrogen-bond acceptors (Lipinski definition) is 4. The number of halogens is 2. The Bertz CT molecular complexity index is 983. The van der Waals surface area contributed by atoms with E-state index in [9.17, 15) is 23.5 Å². The molecule has 2 fully saturated rings. The minimum Gasteiger partial charge on any atom is -0.497 e. The SMILES string of the molecule is COc1cc(F)c(C(=O)N2CC3CN(CCC(NC(=O)O)c4ccccc4)C[C@H]3C2)c(F)c1. The van der Waals surface area contributed by atoms with Crippen LogP contribution in [0.3, 0.4) is 0 Å². The van der Waals surface area contributed by atoms with E-state index in [1.807, 2.05) is 30.3 Å². The number of rotatable bonds is 7. The van der Waals surface area contributed by atoms with Gasteiger partial charge < -0.3 is 25.0 Å². The highest BCUT2D eigenvalue weighted by Crippen LogP contribution is 2.33. The van der Waals surface area contributed by atoms with Gasteiger partial charge in [0.25, 0.3) is 5.91 Å². The van der Waals surface area contributed by atoms with Crippen LogP contribution in [0, 0.1) is 23.5 Å². The Kier molecular flexibility index (Phi) is 6.78. The Labute approximate surface area is 190 Å². The first-order valence-electron chi connectivity index (χ1n) is 10.9. The lowest BCUT2D eigenvalue weighted by molar-refractivity contribution is 0.0764. The Morgan fingerprint density at radius 1 is 1.09 bits per heavy atom. The lowest BCUT2D eigenvalue weighted by atomic mass is 10.0. The summed E-state index contributed by atoms with van der Waals surface area (Å²) in [6, 6.07) is 11.2. The summed E-state index contributed by atoms with van der Waals surface area (Å²) in [4.78, 5) is 27.8. The van der Waals surface area contributed by atoms with Crippen molar-refractivity contribution >= 4 is 12.0 Å². The molecule has 2 N–H and O–H groups in total. The standard InChI is InChI=1S/C24H27F2N3O4/c1-33-18-9-19(25)22(20(26)10-18)23(30)29-13-16-11-28(12-17(16)14-29)8-7-21(27-24(31)32)15-5-3-2-4-6-15/h2-6,9-10,16-17,21,27H,7-8,11-14H2,1H3,(H,31,32)/t16-,17?,21?/m0/s1. The molecule has 0 radical (unpaired) electrons. The number of ether oxygens (including phenoxy) is 1. The molecular formula is C24H27F2N3O4. The van der Waals surface area contributed by atoms with Gasteiger partial charge in [-0.2, -0.15) is 0 Å². The van der Waals surface area contributed by atoms with Gasteiger partial charge in [0.2, 0.25) is 0 Å². The largest absolute Gasteiger partial charge is 0.497 e. The van der Waals surface area contributed by atoms with Gasteiger partial charge in [-0.15, -0.1) is 0 Å². The predicted octanol–water partition coefficient (Wildman–Crippen LogP) is 3.38. The summed E-state index contributed by atoms with van der Waals surface area (Å²) in [5, 5.41) is 11.8. The van der Waals surface area contributed by atoms with E-state index in [0.29, 0.717) is 26.1 Å². The van der Waals surface area contributed by atoms with Gasteiger partial charge >= 0.3 is 6.09 Å². The number of nitrogens with zero attached hydrogens (tertiary/aromatic N) is 2. The molecule has 9 heteroatoms. The van der Waals surface area contributed by atoms with Crippen molar-refractivity contribution in [2.45, 2.75) is 12.5 Å². The number of fused-ring (bicyclic) bond motifs is 1. The summed E-state index contributed by atoms with van der Waals surface area (Å²) in [5.74, 6) is -2.01. The summed E-state index contributed by atoms with van der Waals surface area (Å²) >= 11 is 0. The monoisotopic (exact) mass is 459 g/mol. The molecule has 4 rings (SSSR count). The first kappa shape index (κ1) is 23.0. The van der Waals surface area contributed by atoms with Crippen LogP contribution in [0.15, 0.2) is 42.5 Å². The van der Waals surface area contributed by atoms with Crippen LogP contribution in [0.4, 0.5) is 13.6 Å². The van der Waals surface area contributed by atoms with Crippen LogP contribution >= 0.6 is 0 Å². The first-order valence-corrected chi connectivity index (χ1v) is 10.9. The Morgan fingerprint density at radius 3 is 2.24 bits per heavy atom. The third-order valence-electron chi connectivity index (χ3n) is 6.55. The molecule has 2 aliphatic rings. The van der Waals surface area contributed by atoms with Crippen molar-refractivity contribution in [1.82, 2.24) is 15.1 Å². The average Bonchev–Trinajstić information content (AvgIpc) is 3.35. The number of benzene rings is 2. The highest BCUT2D eigenvalue weighted by Gasteiger charge is 2.42. The van der Waals surface area contributed by atoms with Crippen LogP contribution in [0.25, 0.3) is 0 Å². The number of methoxy groups -OCH3 is 1. The van der Waals surface area contributed by atoms with E-state index in [2.05, 4.69) is 10.2 Å².